The summed E-state index contributed by atoms with van der Waals surface area (Å²) in [5.74, 6) is -46.4. The Kier molecular flexibility index (Phi) is 6.87. The average Bonchev–Trinajstić information content (AvgIpc) is 2.56. The van der Waals surface area contributed by atoms with E-state index in [1.165, 1.54) is 0 Å². The lowest BCUT2D eigenvalue weighted by Crippen LogP contribution is -2.71. The zero-order chi connectivity index (χ0) is 22.9. The van der Waals surface area contributed by atoms with Crippen LogP contribution in [0.5, 0.6) is 0 Å². The highest BCUT2D eigenvalue weighted by atomic mass is 19.4. The minimum atomic E-state index is -8.21. The zero-order valence-electron chi connectivity index (χ0n) is 13.0. The first-order valence-corrected chi connectivity index (χ1v) is 6.51. The van der Waals surface area contributed by atoms with Gasteiger partial charge < -0.3 is 6.15 Å². The fourth-order valence-corrected chi connectivity index (χ4v) is 2.06. The smallest absolute Gasteiger partial charge is 0.344 e. The standard InChI is InChI=1S/C11H5F17.H3N/c12-1-2(13)4(15)7(19,20)9(23,24)11(27,28)10(25,26)8(21,22)5(16)6(17,18)3(1)14;/h1-5H;1H3. The molecule has 1 saturated carbocycles. The third-order valence-electron chi connectivity index (χ3n) is 3.86. The van der Waals surface area contributed by atoms with Crippen LogP contribution in [0.4, 0.5) is 74.6 Å². The normalized spacial score (nSPS) is 40.2. The number of hydrogen-bond acceptors (Lipinski definition) is 1. The summed E-state index contributed by atoms with van der Waals surface area (Å²) in [7, 11) is 0. The van der Waals surface area contributed by atoms with E-state index in [-0.39, 0.29) is 6.15 Å². The van der Waals surface area contributed by atoms with Crippen LogP contribution in [0.2, 0.25) is 0 Å². The first kappa shape index (κ1) is 27.8. The summed E-state index contributed by atoms with van der Waals surface area (Å²) in [6.45, 7) is 0. The molecule has 1 nitrogen and oxygen atoms in total. The molecule has 1 aliphatic carbocycles. The Bertz CT molecular complexity index is 588. The van der Waals surface area contributed by atoms with Crippen molar-refractivity contribution in [3.05, 3.63) is 0 Å². The molecule has 0 aromatic heterocycles. The topological polar surface area (TPSA) is 35.0 Å². The third-order valence-corrected chi connectivity index (χ3v) is 3.86. The van der Waals surface area contributed by atoms with Crippen molar-refractivity contribution in [1.29, 1.82) is 0 Å². The molecule has 1 aliphatic rings. The van der Waals surface area contributed by atoms with Crippen molar-refractivity contribution in [3.63, 3.8) is 0 Å². The van der Waals surface area contributed by atoms with Crippen LogP contribution < -0.4 is 6.15 Å². The molecule has 1 fully saturated rings. The number of halogens is 17. The first-order chi connectivity index (χ1) is 12.0. The minimum Gasteiger partial charge on any atom is -0.344 e. The molecular formula is C11H8F17N. The Hall–Kier alpha value is -1.23. The van der Waals surface area contributed by atoms with Crippen LogP contribution in [0, 0.1) is 0 Å². The Labute approximate surface area is 148 Å². The first-order valence-electron chi connectivity index (χ1n) is 6.51. The summed E-state index contributed by atoms with van der Waals surface area (Å²) >= 11 is 0. The van der Waals surface area contributed by atoms with E-state index >= 15 is 0 Å². The molecule has 0 radical (unpaired) electrons. The summed E-state index contributed by atoms with van der Waals surface area (Å²) < 4.78 is 224. The van der Waals surface area contributed by atoms with Gasteiger partial charge in [-0.1, -0.05) is 0 Å². The predicted octanol–water partition coefficient (Wildman–Crippen LogP) is 5.66. The van der Waals surface area contributed by atoms with Gasteiger partial charge in [-0.05, 0) is 0 Å². The van der Waals surface area contributed by atoms with E-state index in [4.69, 9.17) is 0 Å². The molecule has 5 unspecified atom stereocenters. The maximum absolute atomic E-state index is 13.2. The van der Waals surface area contributed by atoms with Crippen LogP contribution >= 0.6 is 0 Å². The largest absolute Gasteiger partial charge is 0.384 e. The quantitative estimate of drug-likeness (QED) is 0.449. The van der Waals surface area contributed by atoms with Crippen molar-refractivity contribution in [3.8, 4) is 0 Å². The molecule has 3 N–H and O–H groups in total. The fourth-order valence-electron chi connectivity index (χ4n) is 2.06. The molecule has 1 rings (SSSR count). The van der Waals surface area contributed by atoms with Gasteiger partial charge in [0.25, 0.3) is 0 Å². The van der Waals surface area contributed by atoms with E-state index in [2.05, 4.69) is 0 Å². The van der Waals surface area contributed by atoms with Gasteiger partial charge >= 0.3 is 35.5 Å². The molecular weight excluding hydrogens is 469 g/mol. The van der Waals surface area contributed by atoms with Crippen molar-refractivity contribution < 1.29 is 74.6 Å². The number of rotatable bonds is 0. The monoisotopic (exact) mass is 477 g/mol. The number of alkyl halides is 17. The molecule has 176 valence electrons. The summed E-state index contributed by atoms with van der Waals surface area (Å²) in [6.07, 6.45) is -27.7. The van der Waals surface area contributed by atoms with E-state index in [9.17, 15) is 74.6 Å². The van der Waals surface area contributed by atoms with Gasteiger partial charge in [-0.2, -0.15) is 52.7 Å². The summed E-state index contributed by atoms with van der Waals surface area (Å²) in [5.41, 5.74) is 0. The Morgan fingerprint density at radius 1 is 0.414 bits per heavy atom. The Balaban J connectivity index is 0.00000784. The van der Waals surface area contributed by atoms with E-state index < -0.39 is 66.4 Å². The molecule has 18 heteroatoms. The highest BCUT2D eigenvalue weighted by Gasteiger charge is 2.90. The van der Waals surface area contributed by atoms with E-state index in [0.29, 0.717) is 0 Å². The molecule has 0 amide bonds. The van der Waals surface area contributed by atoms with Crippen LogP contribution in [-0.2, 0) is 0 Å². The SMILES string of the molecule is FC1C(F)C(F)C(F)(F)C(F)(F)C(F)(F)C(F)(F)C(F)(F)C(F)C(F)(F)C1F.N. The summed E-state index contributed by atoms with van der Waals surface area (Å²) in [6, 6.07) is 0. The highest BCUT2D eigenvalue weighted by Crippen LogP contribution is 2.61. The fraction of sp³-hybridized carbons (Fsp3) is 1.00. The van der Waals surface area contributed by atoms with Crippen LogP contribution in [0.1, 0.15) is 0 Å². The molecule has 29 heavy (non-hydrogen) atoms. The van der Waals surface area contributed by atoms with Crippen LogP contribution in [0.25, 0.3) is 0 Å². The van der Waals surface area contributed by atoms with Gasteiger partial charge in [-0.3, -0.25) is 0 Å². The van der Waals surface area contributed by atoms with E-state index in [1.54, 1.807) is 0 Å². The van der Waals surface area contributed by atoms with E-state index in [1.807, 2.05) is 0 Å². The zero-order valence-corrected chi connectivity index (χ0v) is 13.0. The second-order valence-electron chi connectivity index (χ2n) is 5.70. The van der Waals surface area contributed by atoms with Crippen molar-refractivity contribution in [2.24, 2.45) is 0 Å². The van der Waals surface area contributed by atoms with Crippen LogP contribution in [0.15, 0.2) is 0 Å². The second-order valence-corrected chi connectivity index (χ2v) is 5.70. The van der Waals surface area contributed by atoms with Crippen LogP contribution in [-0.4, -0.2) is 66.4 Å². The van der Waals surface area contributed by atoms with E-state index in [0.717, 1.165) is 0 Å². The predicted molar refractivity (Wildman–Crippen MR) is 59.2 cm³/mol. The molecule has 0 aromatic rings. The summed E-state index contributed by atoms with van der Waals surface area (Å²) in [4.78, 5) is 0. The van der Waals surface area contributed by atoms with Gasteiger partial charge in [0, 0.05) is 0 Å². The van der Waals surface area contributed by atoms with Crippen molar-refractivity contribution in [2.45, 2.75) is 66.4 Å². The molecule has 0 bridgehead atoms. The maximum atomic E-state index is 13.2. The second kappa shape index (κ2) is 7.18. The van der Waals surface area contributed by atoms with Crippen molar-refractivity contribution in [1.82, 2.24) is 6.15 Å². The molecule has 0 heterocycles. The van der Waals surface area contributed by atoms with Gasteiger partial charge in [0.05, 0.1) is 0 Å². The lowest BCUT2D eigenvalue weighted by Gasteiger charge is -2.41. The lowest BCUT2D eigenvalue weighted by atomic mass is 9.89. The Morgan fingerprint density at radius 3 is 1.10 bits per heavy atom. The van der Waals surface area contributed by atoms with Gasteiger partial charge in [0.1, 0.15) is 0 Å². The maximum Gasteiger partial charge on any atom is 0.384 e. The molecule has 5 atom stereocenters. The van der Waals surface area contributed by atoms with Gasteiger partial charge in [-0.25, -0.2) is 22.0 Å². The molecule has 0 aliphatic heterocycles. The summed E-state index contributed by atoms with van der Waals surface area (Å²) in [5, 5.41) is 0. The Morgan fingerprint density at radius 2 is 0.724 bits per heavy atom. The van der Waals surface area contributed by atoms with Gasteiger partial charge in [-0.15, -0.1) is 0 Å². The molecule has 0 saturated heterocycles. The van der Waals surface area contributed by atoms with Gasteiger partial charge in [0.2, 0.25) is 18.5 Å². The van der Waals surface area contributed by atoms with Gasteiger partial charge in [0.15, 0.2) is 12.3 Å². The number of hydrogen-bond donors (Lipinski definition) is 1. The van der Waals surface area contributed by atoms with Crippen LogP contribution in [0.3, 0.4) is 0 Å². The molecule has 0 aromatic carbocycles. The molecule has 0 spiro atoms. The average molecular weight is 477 g/mol. The highest BCUT2D eigenvalue weighted by molar-refractivity contribution is 5.16. The van der Waals surface area contributed by atoms with Crippen molar-refractivity contribution in [2.75, 3.05) is 0 Å². The minimum absolute atomic E-state index is 0. The third kappa shape index (κ3) is 3.28. The lowest BCUT2D eigenvalue weighted by molar-refractivity contribution is -0.418. The van der Waals surface area contributed by atoms with Crippen molar-refractivity contribution >= 4 is 0 Å².